The van der Waals surface area contributed by atoms with E-state index in [4.69, 9.17) is 0 Å². The van der Waals surface area contributed by atoms with Crippen molar-refractivity contribution in [1.82, 2.24) is 0 Å². The van der Waals surface area contributed by atoms with Crippen molar-refractivity contribution in [3.8, 4) is 0 Å². The van der Waals surface area contributed by atoms with Crippen LogP contribution in [0.1, 0.15) is 11.1 Å². The van der Waals surface area contributed by atoms with Gasteiger partial charge in [-0.15, -0.1) is 0 Å². The Hall–Kier alpha value is -1.76. The molecule has 2 aromatic rings. The molecule has 0 amide bonds. The predicted octanol–water partition coefficient (Wildman–Crippen LogP) is 4.06. The molecule has 0 heterocycles. The molecule has 0 saturated carbocycles. The van der Waals surface area contributed by atoms with Crippen LogP contribution in [0.2, 0.25) is 0 Å². The maximum atomic E-state index is 2.17. The normalized spacial score (nSPS) is 9.18. The van der Waals surface area contributed by atoms with E-state index >= 15 is 0 Å². The SMILES string of the molecule is Cc1cccc(N(C)C)c1.Cc1ccccc1. The van der Waals surface area contributed by atoms with Crippen molar-refractivity contribution >= 4 is 5.69 Å². The van der Waals surface area contributed by atoms with Gasteiger partial charge in [-0.1, -0.05) is 48.0 Å². The van der Waals surface area contributed by atoms with E-state index in [0.29, 0.717) is 0 Å². The van der Waals surface area contributed by atoms with Crippen molar-refractivity contribution in [1.29, 1.82) is 0 Å². The van der Waals surface area contributed by atoms with Gasteiger partial charge in [0.25, 0.3) is 0 Å². The smallest absolute Gasteiger partial charge is 0.0363 e. The Morgan fingerprint density at radius 2 is 1.29 bits per heavy atom. The van der Waals surface area contributed by atoms with Gasteiger partial charge < -0.3 is 4.90 Å². The molecule has 2 rings (SSSR count). The van der Waals surface area contributed by atoms with Gasteiger partial charge in [-0.05, 0) is 31.5 Å². The maximum absolute atomic E-state index is 2.17. The van der Waals surface area contributed by atoms with Crippen molar-refractivity contribution in [2.75, 3.05) is 19.0 Å². The minimum absolute atomic E-state index is 1.26. The van der Waals surface area contributed by atoms with Crippen molar-refractivity contribution in [2.24, 2.45) is 0 Å². The fourth-order valence-corrected chi connectivity index (χ4v) is 1.44. The Balaban J connectivity index is 0.000000181. The number of anilines is 1. The third-order valence-corrected chi connectivity index (χ3v) is 2.46. The van der Waals surface area contributed by atoms with Crippen LogP contribution in [-0.4, -0.2) is 14.1 Å². The van der Waals surface area contributed by atoms with Gasteiger partial charge in [-0.25, -0.2) is 0 Å². The van der Waals surface area contributed by atoms with Crippen molar-refractivity contribution in [2.45, 2.75) is 13.8 Å². The Kier molecular flexibility index (Phi) is 5.28. The molecule has 0 bridgehead atoms. The fourth-order valence-electron chi connectivity index (χ4n) is 1.44. The number of aryl methyl sites for hydroxylation is 2. The van der Waals surface area contributed by atoms with E-state index in [9.17, 15) is 0 Å². The fraction of sp³-hybridized carbons (Fsp3) is 0.250. The van der Waals surface area contributed by atoms with Gasteiger partial charge in [0.15, 0.2) is 0 Å². The van der Waals surface area contributed by atoms with Crippen LogP contribution in [0, 0.1) is 13.8 Å². The van der Waals surface area contributed by atoms with Gasteiger partial charge in [-0.3, -0.25) is 0 Å². The summed E-state index contributed by atoms with van der Waals surface area (Å²) in [6, 6.07) is 18.7. The molecular formula is C16H21N. The highest BCUT2D eigenvalue weighted by atomic mass is 15.1. The zero-order valence-corrected chi connectivity index (χ0v) is 11.1. The van der Waals surface area contributed by atoms with Crippen LogP contribution in [-0.2, 0) is 0 Å². The van der Waals surface area contributed by atoms with Gasteiger partial charge in [-0.2, -0.15) is 0 Å². The quantitative estimate of drug-likeness (QED) is 0.710. The third kappa shape index (κ3) is 5.21. The first-order valence-corrected chi connectivity index (χ1v) is 5.85. The van der Waals surface area contributed by atoms with Crippen LogP contribution in [0.5, 0.6) is 0 Å². The molecule has 0 unspecified atom stereocenters. The summed E-state index contributed by atoms with van der Waals surface area (Å²) in [6.45, 7) is 4.19. The van der Waals surface area contributed by atoms with E-state index in [0.717, 1.165) is 0 Å². The molecule has 1 nitrogen and oxygen atoms in total. The molecule has 0 aliphatic heterocycles. The molecule has 0 spiro atoms. The van der Waals surface area contributed by atoms with Gasteiger partial charge in [0.2, 0.25) is 0 Å². The summed E-state index contributed by atoms with van der Waals surface area (Å²) in [5, 5.41) is 0. The molecule has 0 aliphatic carbocycles. The summed E-state index contributed by atoms with van der Waals surface area (Å²) >= 11 is 0. The highest BCUT2D eigenvalue weighted by Gasteiger charge is 1.91. The molecule has 90 valence electrons. The maximum Gasteiger partial charge on any atom is 0.0363 e. The molecular weight excluding hydrogens is 206 g/mol. The van der Waals surface area contributed by atoms with E-state index in [1.165, 1.54) is 16.8 Å². The van der Waals surface area contributed by atoms with E-state index < -0.39 is 0 Å². The number of rotatable bonds is 1. The molecule has 0 fully saturated rings. The average molecular weight is 227 g/mol. The first kappa shape index (κ1) is 13.3. The minimum Gasteiger partial charge on any atom is -0.378 e. The predicted molar refractivity (Wildman–Crippen MR) is 76.7 cm³/mol. The minimum atomic E-state index is 1.26. The molecule has 0 atom stereocenters. The Morgan fingerprint density at radius 3 is 1.65 bits per heavy atom. The highest BCUT2D eigenvalue weighted by molar-refractivity contribution is 5.46. The van der Waals surface area contributed by atoms with Crippen LogP contribution in [0.3, 0.4) is 0 Å². The van der Waals surface area contributed by atoms with Crippen LogP contribution in [0.25, 0.3) is 0 Å². The molecule has 0 aliphatic rings. The van der Waals surface area contributed by atoms with E-state index in [-0.39, 0.29) is 0 Å². The summed E-state index contributed by atoms with van der Waals surface area (Å²) in [4.78, 5) is 2.10. The number of hydrogen-bond donors (Lipinski definition) is 0. The summed E-state index contributed by atoms with van der Waals surface area (Å²) in [5.41, 5.74) is 3.90. The highest BCUT2D eigenvalue weighted by Crippen LogP contribution is 2.11. The van der Waals surface area contributed by atoms with Gasteiger partial charge >= 0.3 is 0 Å². The van der Waals surface area contributed by atoms with E-state index in [1.807, 2.05) is 18.2 Å². The van der Waals surface area contributed by atoms with Crippen molar-refractivity contribution in [3.63, 3.8) is 0 Å². The largest absolute Gasteiger partial charge is 0.378 e. The standard InChI is InChI=1S/C9H13N.C7H8/c1-8-5-4-6-9(7-8)10(2)3;1-7-5-3-2-4-6-7/h4-7H,1-3H3;2-6H,1H3. The van der Waals surface area contributed by atoms with E-state index in [2.05, 4.69) is 69.2 Å². The first-order valence-electron chi connectivity index (χ1n) is 5.85. The second-order valence-corrected chi connectivity index (χ2v) is 4.39. The number of nitrogens with zero attached hydrogens (tertiary/aromatic N) is 1. The Morgan fingerprint density at radius 1 is 0.706 bits per heavy atom. The zero-order valence-electron chi connectivity index (χ0n) is 11.1. The molecule has 17 heavy (non-hydrogen) atoms. The third-order valence-electron chi connectivity index (χ3n) is 2.46. The van der Waals surface area contributed by atoms with Crippen LogP contribution < -0.4 is 4.90 Å². The average Bonchev–Trinajstić information content (AvgIpc) is 2.31. The van der Waals surface area contributed by atoms with E-state index in [1.54, 1.807) is 0 Å². The van der Waals surface area contributed by atoms with Crippen molar-refractivity contribution in [3.05, 3.63) is 65.7 Å². The van der Waals surface area contributed by atoms with Gasteiger partial charge in [0.1, 0.15) is 0 Å². The Bertz CT molecular complexity index is 432. The molecule has 2 aromatic carbocycles. The molecule has 0 radical (unpaired) electrons. The lowest BCUT2D eigenvalue weighted by Crippen LogP contribution is -2.08. The number of hydrogen-bond acceptors (Lipinski definition) is 1. The monoisotopic (exact) mass is 227 g/mol. The molecule has 0 aromatic heterocycles. The lowest BCUT2D eigenvalue weighted by Gasteiger charge is -2.11. The van der Waals surface area contributed by atoms with Gasteiger partial charge in [0.05, 0.1) is 0 Å². The lowest BCUT2D eigenvalue weighted by molar-refractivity contribution is 1.13. The number of benzene rings is 2. The summed E-state index contributed by atoms with van der Waals surface area (Å²) in [7, 11) is 4.10. The zero-order chi connectivity index (χ0) is 12.7. The Labute approximate surface area is 105 Å². The molecule has 1 heteroatoms. The van der Waals surface area contributed by atoms with Crippen LogP contribution in [0.15, 0.2) is 54.6 Å². The summed E-state index contributed by atoms with van der Waals surface area (Å²) < 4.78 is 0. The summed E-state index contributed by atoms with van der Waals surface area (Å²) in [6.07, 6.45) is 0. The lowest BCUT2D eigenvalue weighted by atomic mass is 10.2. The second-order valence-electron chi connectivity index (χ2n) is 4.39. The summed E-state index contributed by atoms with van der Waals surface area (Å²) in [5.74, 6) is 0. The van der Waals surface area contributed by atoms with Crippen LogP contribution in [0.4, 0.5) is 5.69 Å². The molecule has 0 saturated heterocycles. The second kappa shape index (κ2) is 6.74. The molecule has 0 N–H and O–H groups in total. The van der Waals surface area contributed by atoms with Gasteiger partial charge in [0, 0.05) is 19.8 Å². The topological polar surface area (TPSA) is 3.24 Å². The van der Waals surface area contributed by atoms with Crippen LogP contribution >= 0.6 is 0 Å². The van der Waals surface area contributed by atoms with Crippen molar-refractivity contribution < 1.29 is 0 Å². The first-order chi connectivity index (χ1) is 8.09.